The largest absolute Gasteiger partial charge is 0.241 e. The maximum Gasteiger partial charge on any atom is 0.0678 e. The molecule has 0 radical (unpaired) electrons. The van der Waals surface area contributed by atoms with Crippen LogP contribution in [0.4, 0.5) is 0 Å². The van der Waals surface area contributed by atoms with Gasteiger partial charge in [0.25, 0.3) is 0 Å². The summed E-state index contributed by atoms with van der Waals surface area (Å²) in [7, 11) is 0. The number of hydrogen-bond donors (Lipinski definition) is 0. The maximum atomic E-state index is 4.32. The average molecular weight is 224 g/mol. The number of allylic oxidation sites excluding steroid dienone is 1. The van der Waals surface area contributed by atoms with Crippen LogP contribution in [-0.4, -0.2) is 9.78 Å². The van der Waals surface area contributed by atoms with E-state index in [4.69, 9.17) is 0 Å². The zero-order valence-electron chi connectivity index (χ0n) is 10.4. The van der Waals surface area contributed by atoms with Gasteiger partial charge in [-0.3, -0.25) is 0 Å². The van der Waals surface area contributed by atoms with Crippen molar-refractivity contribution in [2.45, 2.75) is 26.2 Å². The van der Waals surface area contributed by atoms with E-state index in [-0.39, 0.29) is 5.41 Å². The van der Waals surface area contributed by atoms with E-state index in [0.717, 1.165) is 0 Å². The molecule has 0 fully saturated rings. The van der Waals surface area contributed by atoms with E-state index in [1.54, 1.807) is 0 Å². The molecule has 0 amide bonds. The van der Waals surface area contributed by atoms with Crippen molar-refractivity contribution in [2.24, 2.45) is 0 Å². The van der Waals surface area contributed by atoms with Gasteiger partial charge in [0.2, 0.25) is 0 Å². The maximum absolute atomic E-state index is 4.32. The topological polar surface area (TPSA) is 17.8 Å². The Hall–Kier alpha value is -1.83. The SMILES string of the molecule is Cc1cc2c(cc1-n1cccn1)C(C)(C)C=C2. The van der Waals surface area contributed by atoms with Gasteiger partial charge < -0.3 is 0 Å². The number of fused-ring (bicyclic) bond motifs is 1. The fourth-order valence-electron chi connectivity index (χ4n) is 2.46. The van der Waals surface area contributed by atoms with Crippen molar-refractivity contribution >= 4 is 6.08 Å². The lowest BCUT2D eigenvalue weighted by molar-refractivity contribution is 0.681. The monoisotopic (exact) mass is 224 g/mol. The average Bonchev–Trinajstić information content (AvgIpc) is 2.87. The molecule has 0 bridgehead atoms. The van der Waals surface area contributed by atoms with E-state index in [0.29, 0.717) is 0 Å². The van der Waals surface area contributed by atoms with Crippen LogP contribution in [0.25, 0.3) is 11.8 Å². The normalized spacial score (nSPS) is 16.2. The summed E-state index contributed by atoms with van der Waals surface area (Å²) in [4.78, 5) is 0. The molecule has 0 N–H and O–H groups in total. The van der Waals surface area contributed by atoms with Gasteiger partial charge in [-0.2, -0.15) is 5.10 Å². The second-order valence-electron chi connectivity index (χ2n) is 5.23. The molecular formula is C15H16N2. The molecule has 1 heterocycles. The molecule has 1 aromatic heterocycles. The highest BCUT2D eigenvalue weighted by Gasteiger charge is 2.25. The summed E-state index contributed by atoms with van der Waals surface area (Å²) in [5.41, 5.74) is 5.28. The lowest BCUT2D eigenvalue weighted by Gasteiger charge is -2.19. The number of aromatic nitrogens is 2. The van der Waals surface area contributed by atoms with E-state index in [1.165, 1.54) is 22.4 Å². The second-order valence-corrected chi connectivity index (χ2v) is 5.23. The minimum Gasteiger partial charge on any atom is -0.241 e. The zero-order valence-corrected chi connectivity index (χ0v) is 10.4. The van der Waals surface area contributed by atoms with Crippen LogP contribution in [0.5, 0.6) is 0 Å². The first-order valence-corrected chi connectivity index (χ1v) is 5.92. The first kappa shape index (κ1) is 10.3. The summed E-state index contributed by atoms with van der Waals surface area (Å²) in [5, 5.41) is 4.32. The summed E-state index contributed by atoms with van der Waals surface area (Å²) in [5.74, 6) is 0. The van der Waals surface area contributed by atoms with Gasteiger partial charge in [0.15, 0.2) is 0 Å². The van der Waals surface area contributed by atoms with Crippen molar-refractivity contribution in [3.8, 4) is 5.69 Å². The van der Waals surface area contributed by atoms with Gasteiger partial charge >= 0.3 is 0 Å². The van der Waals surface area contributed by atoms with Crippen LogP contribution in [0.2, 0.25) is 0 Å². The predicted octanol–water partition coefficient (Wildman–Crippen LogP) is 3.49. The second kappa shape index (κ2) is 3.33. The number of hydrogen-bond acceptors (Lipinski definition) is 1. The fourth-order valence-corrected chi connectivity index (χ4v) is 2.46. The predicted molar refractivity (Wildman–Crippen MR) is 70.4 cm³/mol. The van der Waals surface area contributed by atoms with Crippen molar-refractivity contribution in [1.29, 1.82) is 0 Å². The lowest BCUT2D eigenvalue weighted by Crippen LogP contribution is -2.12. The number of aryl methyl sites for hydroxylation is 1. The van der Waals surface area contributed by atoms with E-state index in [9.17, 15) is 0 Å². The summed E-state index contributed by atoms with van der Waals surface area (Å²) < 4.78 is 1.93. The van der Waals surface area contributed by atoms with Crippen LogP contribution in [0.3, 0.4) is 0 Å². The third-order valence-corrected chi connectivity index (χ3v) is 3.49. The van der Waals surface area contributed by atoms with Crippen LogP contribution in [-0.2, 0) is 5.41 Å². The Labute approximate surface area is 102 Å². The van der Waals surface area contributed by atoms with Crippen LogP contribution in [0.15, 0.2) is 36.7 Å². The van der Waals surface area contributed by atoms with E-state index < -0.39 is 0 Å². The van der Waals surface area contributed by atoms with Crippen molar-refractivity contribution < 1.29 is 0 Å². The highest BCUT2D eigenvalue weighted by molar-refractivity contribution is 5.68. The number of rotatable bonds is 1. The van der Waals surface area contributed by atoms with E-state index in [2.05, 4.69) is 50.2 Å². The Morgan fingerprint density at radius 2 is 2.06 bits per heavy atom. The van der Waals surface area contributed by atoms with E-state index in [1.807, 2.05) is 23.1 Å². The molecular weight excluding hydrogens is 208 g/mol. The summed E-state index contributed by atoms with van der Waals surface area (Å²) >= 11 is 0. The highest BCUT2D eigenvalue weighted by atomic mass is 15.3. The molecule has 86 valence electrons. The van der Waals surface area contributed by atoms with Crippen LogP contribution in [0, 0.1) is 6.92 Å². The van der Waals surface area contributed by atoms with Gasteiger partial charge in [-0.25, -0.2) is 4.68 Å². The Morgan fingerprint density at radius 1 is 1.24 bits per heavy atom. The van der Waals surface area contributed by atoms with Crippen molar-refractivity contribution in [3.05, 3.63) is 53.4 Å². The zero-order chi connectivity index (χ0) is 12.0. The Bertz CT molecular complexity index is 590. The standard InChI is InChI=1S/C15H16N2/c1-11-9-12-5-6-15(2,3)13(12)10-14(11)17-8-4-7-16-17/h4-10H,1-3H3. The van der Waals surface area contributed by atoms with Crippen molar-refractivity contribution in [2.75, 3.05) is 0 Å². The first-order chi connectivity index (χ1) is 8.08. The minimum absolute atomic E-state index is 0.130. The number of benzene rings is 1. The molecule has 2 aromatic rings. The lowest BCUT2D eigenvalue weighted by atomic mass is 9.86. The van der Waals surface area contributed by atoms with Crippen molar-refractivity contribution in [1.82, 2.24) is 9.78 Å². The van der Waals surface area contributed by atoms with Crippen LogP contribution < -0.4 is 0 Å². The minimum atomic E-state index is 0.130. The third kappa shape index (κ3) is 1.52. The van der Waals surface area contributed by atoms with E-state index >= 15 is 0 Å². The van der Waals surface area contributed by atoms with Crippen LogP contribution >= 0.6 is 0 Å². The Kier molecular flexibility index (Phi) is 2.02. The first-order valence-electron chi connectivity index (χ1n) is 5.92. The van der Waals surface area contributed by atoms with Gasteiger partial charge in [-0.15, -0.1) is 0 Å². The molecule has 1 aromatic carbocycles. The molecule has 3 rings (SSSR count). The molecule has 0 saturated heterocycles. The highest BCUT2D eigenvalue weighted by Crippen LogP contribution is 2.37. The molecule has 0 saturated carbocycles. The Morgan fingerprint density at radius 3 is 2.76 bits per heavy atom. The fraction of sp³-hybridized carbons (Fsp3) is 0.267. The van der Waals surface area contributed by atoms with Gasteiger partial charge in [0.05, 0.1) is 5.69 Å². The Balaban J connectivity index is 2.22. The molecule has 2 heteroatoms. The smallest absolute Gasteiger partial charge is 0.0678 e. The molecule has 2 nitrogen and oxygen atoms in total. The molecule has 17 heavy (non-hydrogen) atoms. The van der Waals surface area contributed by atoms with Gasteiger partial charge in [-0.1, -0.05) is 26.0 Å². The van der Waals surface area contributed by atoms with Gasteiger partial charge in [0, 0.05) is 17.8 Å². The van der Waals surface area contributed by atoms with Gasteiger partial charge in [0.1, 0.15) is 0 Å². The van der Waals surface area contributed by atoms with Crippen molar-refractivity contribution in [3.63, 3.8) is 0 Å². The molecule has 1 aliphatic rings. The third-order valence-electron chi connectivity index (χ3n) is 3.49. The van der Waals surface area contributed by atoms with Gasteiger partial charge in [-0.05, 0) is 41.8 Å². The summed E-state index contributed by atoms with van der Waals surface area (Å²) in [6.45, 7) is 6.63. The summed E-state index contributed by atoms with van der Waals surface area (Å²) in [6.07, 6.45) is 8.29. The van der Waals surface area contributed by atoms with Crippen LogP contribution in [0.1, 0.15) is 30.5 Å². The molecule has 0 aliphatic heterocycles. The summed E-state index contributed by atoms with van der Waals surface area (Å²) in [6, 6.07) is 6.46. The number of nitrogens with zero attached hydrogens (tertiary/aromatic N) is 2. The molecule has 0 unspecified atom stereocenters. The molecule has 0 spiro atoms. The molecule has 0 atom stereocenters. The molecule has 1 aliphatic carbocycles. The quantitative estimate of drug-likeness (QED) is 0.725.